The molecule has 4 rings (SSSR count). The van der Waals surface area contributed by atoms with Gasteiger partial charge in [0.25, 0.3) is 0 Å². The van der Waals surface area contributed by atoms with E-state index in [9.17, 15) is 9.59 Å². The zero-order chi connectivity index (χ0) is 20.1. The number of hydrogen-bond donors (Lipinski definition) is 1. The van der Waals surface area contributed by atoms with Crippen molar-refractivity contribution in [1.82, 2.24) is 5.32 Å². The summed E-state index contributed by atoms with van der Waals surface area (Å²) in [7, 11) is 0. The maximum atomic E-state index is 12.1. The zero-order valence-electron chi connectivity index (χ0n) is 15.7. The molecule has 0 fully saturated rings. The number of ether oxygens (including phenoxy) is 1. The third kappa shape index (κ3) is 4.07. The van der Waals surface area contributed by atoms with Crippen LogP contribution < -0.4 is 5.32 Å². The van der Waals surface area contributed by atoms with Gasteiger partial charge in [-0.1, -0.05) is 54.5 Å². The molecule has 0 bridgehead atoms. The van der Waals surface area contributed by atoms with Gasteiger partial charge in [0.05, 0.1) is 0 Å². The molecule has 1 N–H and O–H groups in total. The van der Waals surface area contributed by atoms with Crippen LogP contribution in [-0.2, 0) is 4.74 Å². The number of amides is 1. The first kappa shape index (κ1) is 18.6. The van der Waals surface area contributed by atoms with Crippen LogP contribution in [0.25, 0.3) is 11.1 Å². The van der Waals surface area contributed by atoms with Crippen LogP contribution in [0.2, 0.25) is 0 Å². The third-order valence-corrected chi connectivity index (χ3v) is 4.82. The van der Waals surface area contributed by atoms with Crippen molar-refractivity contribution in [3.05, 3.63) is 83.3 Å². The van der Waals surface area contributed by atoms with E-state index in [4.69, 9.17) is 9.15 Å². The Labute approximate surface area is 168 Å². The van der Waals surface area contributed by atoms with Crippen molar-refractivity contribution >= 4 is 12.4 Å². The number of alkyl carbamates (subject to hydrolysis) is 1. The van der Waals surface area contributed by atoms with E-state index in [1.54, 1.807) is 12.1 Å². The standard InChI is InChI=1S/C24H19NO4/c26-15-18-13-12-17(29-18)7-5-6-14-25-24(27)28-16-23-21-10-3-1-8-19(21)20-9-2-4-11-22(20)23/h1-4,8-13,15,23H,6,14,16H2,(H,25,27). The molecule has 1 heterocycles. The maximum absolute atomic E-state index is 12.1. The topological polar surface area (TPSA) is 68.5 Å². The molecule has 1 amide bonds. The summed E-state index contributed by atoms with van der Waals surface area (Å²) in [5.74, 6) is 6.40. The Morgan fingerprint density at radius 3 is 2.38 bits per heavy atom. The van der Waals surface area contributed by atoms with Crippen LogP contribution in [0.4, 0.5) is 4.79 Å². The van der Waals surface area contributed by atoms with Gasteiger partial charge in [0.15, 0.2) is 17.8 Å². The van der Waals surface area contributed by atoms with Crippen molar-refractivity contribution in [3.63, 3.8) is 0 Å². The van der Waals surface area contributed by atoms with Crippen LogP contribution in [0.3, 0.4) is 0 Å². The minimum absolute atomic E-state index is 0.0407. The summed E-state index contributed by atoms with van der Waals surface area (Å²) in [5, 5.41) is 2.71. The Morgan fingerprint density at radius 1 is 1.03 bits per heavy atom. The Morgan fingerprint density at radius 2 is 1.72 bits per heavy atom. The number of rotatable bonds is 5. The van der Waals surface area contributed by atoms with E-state index in [1.807, 2.05) is 24.3 Å². The normalized spacial score (nSPS) is 11.7. The second kappa shape index (κ2) is 8.49. The minimum Gasteiger partial charge on any atom is -0.449 e. The summed E-state index contributed by atoms with van der Waals surface area (Å²) in [6.07, 6.45) is 0.612. The number of hydrogen-bond acceptors (Lipinski definition) is 4. The number of fused-ring (bicyclic) bond motifs is 3. The summed E-state index contributed by atoms with van der Waals surface area (Å²) in [6.45, 7) is 0.650. The molecule has 144 valence electrons. The van der Waals surface area contributed by atoms with Gasteiger partial charge in [0, 0.05) is 18.9 Å². The van der Waals surface area contributed by atoms with Gasteiger partial charge in [-0.3, -0.25) is 4.79 Å². The first-order valence-electron chi connectivity index (χ1n) is 9.39. The summed E-state index contributed by atoms with van der Waals surface area (Å²) in [6, 6.07) is 19.6. The lowest BCUT2D eigenvalue weighted by atomic mass is 9.98. The van der Waals surface area contributed by atoms with E-state index in [0.29, 0.717) is 25.0 Å². The summed E-state index contributed by atoms with van der Waals surface area (Å²) in [4.78, 5) is 22.6. The van der Waals surface area contributed by atoms with Gasteiger partial charge >= 0.3 is 6.09 Å². The van der Waals surface area contributed by atoms with Gasteiger partial charge in [-0.15, -0.1) is 0 Å². The predicted molar refractivity (Wildman–Crippen MR) is 109 cm³/mol. The fourth-order valence-corrected chi connectivity index (χ4v) is 3.51. The molecule has 0 spiro atoms. The smallest absolute Gasteiger partial charge is 0.407 e. The minimum atomic E-state index is -0.463. The summed E-state index contributed by atoms with van der Waals surface area (Å²) < 4.78 is 10.6. The molecule has 1 aliphatic rings. The lowest BCUT2D eigenvalue weighted by molar-refractivity contribution is 0.110. The lowest BCUT2D eigenvalue weighted by Gasteiger charge is -2.14. The molecule has 3 aromatic rings. The molecule has 29 heavy (non-hydrogen) atoms. The first-order valence-corrected chi connectivity index (χ1v) is 9.39. The molecule has 1 aromatic heterocycles. The second-order valence-electron chi connectivity index (χ2n) is 6.62. The third-order valence-electron chi connectivity index (χ3n) is 4.82. The number of benzene rings is 2. The fourth-order valence-electron chi connectivity index (χ4n) is 3.51. The molecule has 0 saturated carbocycles. The highest BCUT2D eigenvalue weighted by atomic mass is 16.5. The average Bonchev–Trinajstić information content (AvgIpc) is 3.34. The van der Waals surface area contributed by atoms with Crippen LogP contribution >= 0.6 is 0 Å². The molecule has 0 atom stereocenters. The highest BCUT2D eigenvalue weighted by Crippen LogP contribution is 2.44. The van der Waals surface area contributed by atoms with Gasteiger partial charge in [0.2, 0.25) is 0 Å². The summed E-state index contributed by atoms with van der Waals surface area (Å²) >= 11 is 0. The zero-order valence-corrected chi connectivity index (χ0v) is 15.7. The molecule has 5 nitrogen and oxygen atoms in total. The fraction of sp³-hybridized carbons (Fsp3) is 0.167. The molecule has 5 heteroatoms. The number of carbonyl (C=O) groups excluding carboxylic acids is 2. The highest BCUT2D eigenvalue weighted by Gasteiger charge is 2.28. The van der Waals surface area contributed by atoms with E-state index in [1.165, 1.54) is 22.3 Å². The molecule has 2 aromatic carbocycles. The van der Waals surface area contributed by atoms with E-state index in [-0.39, 0.29) is 18.3 Å². The molecule has 0 aliphatic heterocycles. The van der Waals surface area contributed by atoms with Gasteiger partial charge in [-0.05, 0) is 40.3 Å². The molecule has 0 saturated heterocycles. The van der Waals surface area contributed by atoms with Crippen molar-refractivity contribution in [2.45, 2.75) is 12.3 Å². The van der Waals surface area contributed by atoms with Gasteiger partial charge in [0.1, 0.15) is 6.61 Å². The Hall–Kier alpha value is -3.78. The number of aldehydes is 1. The summed E-state index contributed by atoms with van der Waals surface area (Å²) in [5.41, 5.74) is 4.76. The number of furan rings is 1. The van der Waals surface area contributed by atoms with Gasteiger partial charge < -0.3 is 14.5 Å². The largest absolute Gasteiger partial charge is 0.449 e. The second-order valence-corrected chi connectivity index (χ2v) is 6.62. The lowest BCUT2D eigenvalue weighted by Crippen LogP contribution is -2.26. The first-order chi connectivity index (χ1) is 14.3. The molecule has 0 radical (unpaired) electrons. The molecule has 0 unspecified atom stereocenters. The molecular weight excluding hydrogens is 366 g/mol. The number of nitrogens with one attached hydrogen (secondary N) is 1. The Kier molecular flexibility index (Phi) is 5.44. The van der Waals surface area contributed by atoms with E-state index < -0.39 is 6.09 Å². The van der Waals surface area contributed by atoms with Crippen molar-refractivity contribution in [2.75, 3.05) is 13.2 Å². The highest BCUT2D eigenvalue weighted by molar-refractivity contribution is 5.79. The van der Waals surface area contributed by atoms with Gasteiger partial charge in [-0.2, -0.15) is 0 Å². The van der Waals surface area contributed by atoms with Crippen LogP contribution in [0.15, 0.2) is 65.1 Å². The van der Waals surface area contributed by atoms with E-state index in [2.05, 4.69) is 41.4 Å². The van der Waals surface area contributed by atoms with E-state index in [0.717, 1.165) is 0 Å². The molecular formula is C24H19NO4. The SMILES string of the molecule is O=Cc1ccc(C#CCCNC(=O)OCC2c3ccccc3-c3ccccc32)o1. The average molecular weight is 385 g/mol. The monoisotopic (exact) mass is 385 g/mol. The van der Waals surface area contributed by atoms with Crippen LogP contribution in [-0.4, -0.2) is 25.5 Å². The Balaban J connectivity index is 1.29. The Bertz CT molecular complexity index is 1060. The predicted octanol–water partition coefficient (Wildman–Crippen LogP) is 4.37. The van der Waals surface area contributed by atoms with Crippen molar-refractivity contribution in [2.24, 2.45) is 0 Å². The van der Waals surface area contributed by atoms with Crippen molar-refractivity contribution < 1.29 is 18.7 Å². The van der Waals surface area contributed by atoms with Crippen molar-refractivity contribution in [1.29, 1.82) is 0 Å². The molecule has 1 aliphatic carbocycles. The quantitative estimate of drug-likeness (QED) is 0.402. The van der Waals surface area contributed by atoms with E-state index >= 15 is 0 Å². The van der Waals surface area contributed by atoms with Crippen molar-refractivity contribution in [3.8, 4) is 23.0 Å². The van der Waals surface area contributed by atoms with Gasteiger partial charge in [-0.25, -0.2) is 4.79 Å². The van der Waals surface area contributed by atoms with Crippen LogP contribution in [0, 0.1) is 11.8 Å². The van der Waals surface area contributed by atoms with Crippen LogP contribution in [0.1, 0.15) is 39.8 Å². The number of carbonyl (C=O) groups is 2. The maximum Gasteiger partial charge on any atom is 0.407 e. The van der Waals surface area contributed by atoms with Crippen LogP contribution in [0.5, 0.6) is 0 Å².